The monoisotopic (exact) mass is 327 g/mol. The molecule has 2 aromatic rings. The van der Waals surface area contributed by atoms with E-state index in [0.717, 1.165) is 4.41 Å². The second-order valence-corrected chi connectivity index (χ2v) is 6.61. The van der Waals surface area contributed by atoms with E-state index in [1.165, 1.54) is 26.4 Å². The molecule has 1 heterocycles. The van der Waals surface area contributed by atoms with E-state index in [-0.39, 0.29) is 4.90 Å². The number of methoxy groups -OCH3 is 1. The van der Waals surface area contributed by atoms with E-state index in [1.54, 1.807) is 24.3 Å². The number of carbonyl (C=O) groups is 1. The van der Waals surface area contributed by atoms with Crippen LogP contribution in [0, 0.1) is 0 Å². The summed E-state index contributed by atoms with van der Waals surface area (Å²) in [7, 11) is -1.33. The molecule has 0 unspecified atom stereocenters. The normalized spacial score (nSPS) is 11.8. The van der Waals surface area contributed by atoms with E-state index < -0.39 is 15.3 Å². The van der Waals surface area contributed by atoms with Crippen LogP contribution in [-0.2, 0) is 14.8 Å². The van der Waals surface area contributed by atoms with Crippen LogP contribution in [0.15, 0.2) is 41.4 Å². The number of carbonyl (C=O) groups excluding carboxylic acids is 1. The first-order valence-corrected chi connectivity index (χ1v) is 8.05. The van der Waals surface area contributed by atoms with Crippen molar-refractivity contribution in [3.05, 3.63) is 36.5 Å². The lowest BCUT2D eigenvalue weighted by atomic mass is 10.2. The maximum absolute atomic E-state index is 12.5. The molecule has 0 amide bonds. The molecule has 0 atom stereocenters. The van der Waals surface area contributed by atoms with E-state index >= 15 is 0 Å². The molecule has 21 heavy (non-hydrogen) atoms. The third-order valence-electron chi connectivity index (χ3n) is 2.66. The predicted octanol–water partition coefficient (Wildman–Crippen LogP) is 1.77. The number of ether oxygens (including phenoxy) is 1. The van der Waals surface area contributed by atoms with E-state index in [1.807, 2.05) is 0 Å². The summed E-state index contributed by atoms with van der Waals surface area (Å²) in [5.41, 5.74) is 0.372. The van der Waals surface area contributed by atoms with E-state index in [9.17, 15) is 13.2 Å². The molecule has 9 heteroatoms. The van der Waals surface area contributed by atoms with Crippen LogP contribution in [0.3, 0.4) is 0 Å². The number of nitrogens with zero attached hydrogens (tertiary/aromatic N) is 2. The molecule has 0 spiro atoms. The van der Waals surface area contributed by atoms with Crippen molar-refractivity contribution in [1.29, 1.82) is 0 Å². The Labute approximate surface area is 126 Å². The van der Waals surface area contributed by atoms with Gasteiger partial charge in [0.2, 0.25) is 0 Å². The molecule has 0 radical (unpaired) electrons. The van der Waals surface area contributed by atoms with Gasteiger partial charge in [0.15, 0.2) is 0 Å². The largest absolute Gasteiger partial charge is 0.460 e. The van der Waals surface area contributed by atoms with Crippen molar-refractivity contribution in [1.82, 2.24) is 14.2 Å². The van der Waals surface area contributed by atoms with Crippen molar-refractivity contribution < 1.29 is 17.9 Å². The summed E-state index contributed by atoms with van der Waals surface area (Å²) in [6, 6.07) is 8.38. The van der Waals surface area contributed by atoms with Crippen molar-refractivity contribution in [2.45, 2.75) is 4.90 Å². The molecule has 112 valence electrons. The van der Waals surface area contributed by atoms with Crippen LogP contribution in [-0.4, -0.2) is 37.3 Å². The number of hydrogen-bond donors (Lipinski definition) is 1. The van der Waals surface area contributed by atoms with E-state index in [4.69, 9.17) is 0 Å². The van der Waals surface area contributed by atoms with Gasteiger partial charge in [0, 0.05) is 18.6 Å². The number of para-hydroxylation sites is 1. The van der Waals surface area contributed by atoms with E-state index in [0.29, 0.717) is 22.9 Å². The maximum atomic E-state index is 12.5. The van der Waals surface area contributed by atoms with Gasteiger partial charge in [-0.05, 0) is 12.1 Å². The lowest BCUT2D eigenvalue weighted by Crippen LogP contribution is -2.36. The van der Waals surface area contributed by atoms with Crippen LogP contribution < -0.4 is 4.83 Å². The standard InChI is InChI=1S/C12H13N3O4S2/c1-15(14-20-12(16)19-2)21(17,18)10-7-3-5-9-6-4-8-13-11(9)10/h3-8,14H,1-2H3. The molecular formula is C12H13N3O4S2. The fourth-order valence-corrected chi connectivity index (χ4v) is 3.38. The Bertz CT molecular complexity index is 759. The first-order chi connectivity index (χ1) is 9.96. The minimum atomic E-state index is -3.84. The summed E-state index contributed by atoms with van der Waals surface area (Å²) in [4.78, 5) is 17.6. The summed E-state index contributed by atoms with van der Waals surface area (Å²) in [6.07, 6.45) is 1.53. The van der Waals surface area contributed by atoms with E-state index in [2.05, 4.69) is 14.6 Å². The molecule has 0 aliphatic rings. The third-order valence-corrected chi connectivity index (χ3v) is 5.17. The van der Waals surface area contributed by atoms with Crippen molar-refractivity contribution >= 4 is 38.2 Å². The number of nitrogens with one attached hydrogen (secondary N) is 1. The van der Waals surface area contributed by atoms with Crippen molar-refractivity contribution in [3.63, 3.8) is 0 Å². The van der Waals surface area contributed by atoms with Crippen molar-refractivity contribution in [3.8, 4) is 0 Å². The number of aromatic nitrogens is 1. The third kappa shape index (κ3) is 3.32. The van der Waals surface area contributed by atoms with Gasteiger partial charge < -0.3 is 4.74 Å². The van der Waals surface area contributed by atoms with Gasteiger partial charge in [0.25, 0.3) is 10.0 Å². The predicted molar refractivity (Wildman–Crippen MR) is 79.8 cm³/mol. The maximum Gasteiger partial charge on any atom is 0.383 e. The van der Waals surface area contributed by atoms with Crippen LogP contribution in [0.2, 0.25) is 0 Å². The molecule has 0 aliphatic carbocycles. The van der Waals surface area contributed by atoms with Crippen LogP contribution in [0.5, 0.6) is 0 Å². The second-order valence-electron chi connectivity index (χ2n) is 3.95. The zero-order valence-corrected chi connectivity index (χ0v) is 12.9. The van der Waals surface area contributed by atoms with Gasteiger partial charge in [0.1, 0.15) is 4.90 Å². The van der Waals surface area contributed by atoms with Crippen molar-refractivity contribution in [2.24, 2.45) is 0 Å². The Kier molecular flexibility index (Phi) is 4.78. The summed E-state index contributed by atoms with van der Waals surface area (Å²) in [6.45, 7) is 0. The molecule has 1 aromatic heterocycles. The average molecular weight is 327 g/mol. The van der Waals surface area contributed by atoms with Gasteiger partial charge in [-0.1, -0.05) is 18.2 Å². The minimum Gasteiger partial charge on any atom is -0.460 e. The summed E-state index contributed by atoms with van der Waals surface area (Å²) in [5.74, 6) is 0. The van der Waals surface area contributed by atoms with Gasteiger partial charge in [-0.15, -0.1) is 4.41 Å². The Morgan fingerprint density at radius 2 is 2.05 bits per heavy atom. The fraction of sp³-hybridized carbons (Fsp3) is 0.167. The Morgan fingerprint density at radius 1 is 1.33 bits per heavy atom. The summed E-state index contributed by atoms with van der Waals surface area (Å²) in [5, 5.41) is 0.0701. The lowest BCUT2D eigenvalue weighted by Gasteiger charge is -2.17. The molecule has 1 aromatic carbocycles. The van der Waals surface area contributed by atoms with Gasteiger partial charge in [-0.2, -0.15) is 4.83 Å². The summed E-state index contributed by atoms with van der Waals surface area (Å²) < 4.78 is 30.3. The highest BCUT2D eigenvalue weighted by molar-refractivity contribution is 8.11. The zero-order valence-electron chi connectivity index (χ0n) is 11.3. The van der Waals surface area contributed by atoms with Crippen LogP contribution >= 0.6 is 11.9 Å². The fourth-order valence-electron chi connectivity index (χ4n) is 1.62. The molecule has 0 saturated carbocycles. The minimum absolute atomic E-state index is 0.0565. The first kappa shape index (κ1) is 15.7. The highest BCUT2D eigenvalue weighted by Crippen LogP contribution is 2.23. The Balaban J connectivity index is 2.35. The number of rotatable bonds is 4. The van der Waals surface area contributed by atoms with Gasteiger partial charge in [-0.25, -0.2) is 13.2 Å². The van der Waals surface area contributed by atoms with Gasteiger partial charge >= 0.3 is 5.30 Å². The number of fused-ring (bicyclic) bond motifs is 1. The highest BCUT2D eigenvalue weighted by atomic mass is 32.2. The molecule has 1 N–H and O–H groups in total. The molecule has 7 nitrogen and oxygen atoms in total. The lowest BCUT2D eigenvalue weighted by molar-refractivity contribution is 0.200. The summed E-state index contributed by atoms with van der Waals surface area (Å²) >= 11 is 0.527. The van der Waals surface area contributed by atoms with Crippen molar-refractivity contribution in [2.75, 3.05) is 14.2 Å². The number of pyridine rings is 1. The zero-order chi connectivity index (χ0) is 15.5. The quantitative estimate of drug-likeness (QED) is 0.520. The van der Waals surface area contributed by atoms with Crippen LogP contribution in [0.25, 0.3) is 10.9 Å². The molecule has 0 fully saturated rings. The molecule has 2 rings (SSSR count). The Hall–Kier alpha value is -1.68. The average Bonchev–Trinajstić information content (AvgIpc) is 2.51. The highest BCUT2D eigenvalue weighted by Gasteiger charge is 2.24. The second kappa shape index (κ2) is 6.39. The Morgan fingerprint density at radius 3 is 2.76 bits per heavy atom. The van der Waals surface area contributed by atoms with Gasteiger partial charge in [-0.3, -0.25) is 4.98 Å². The number of sulfonamides is 1. The van der Waals surface area contributed by atoms with Crippen LogP contribution in [0.1, 0.15) is 0 Å². The molecule has 0 aliphatic heterocycles. The molecule has 0 saturated heterocycles. The SMILES string of the molecule is COC(=O)SNN(C)S(=O)(=O)c1cccc2cccnc12. The van der Waals surface area contributed by atoms with Crippen LogP contribution in [0.4, 0.5) is 4.79 Å². The topological polar surface area (TPSA) is 88.6 Å². The molecular weight excluding hydrogens is 314 g/mol. The number of benzene rings is 1. The number of hydrogen-bond acceptors (Lipinski definition) is 7. The number of hydrazine groups is 1. The van der Waals surface area contributed by atoms with Gasteiger partial charge in [0.05, 0.1) is 24.6 Å². The molecule has 0 bridgehead atoms. The smallest absolute Gasteiger partial charge is 0.383 e. The first-order valence-electron chi connectivity index (χ1n) is 5.80.